The number of rotatable bonds is 0. The lowest BCUT2D eigenvalue weighted by atomic mass is 9.72. The first kappa shape index (κ1) is 5.61. The molecule has 0 heteroatoms. The normalized spacial score (nSPS) is 75.5. The van der Waals surface area contributed by atoms with Gasteiger partial charge in [0.25, 0.3) is 0 Å². The highest BCUT2D eigenvalue weighted by Crippen LogP contribution is 2.92. The van der Waals surface area contributed by atoms with Crippen molar-refractivity contribution in [2.75, 3.05) is 0 Å². The summed E-state index contributed by atoms with van der Waals surface area (Å²) in [5, 5.41) is 0. The summed E-state index contributed by atoms with van der Waals surface area (Å²) >= 11 is 0. The Morgan fingerprint density at radius 2 is 1.73 bits per heavy atom. The highest BCUT2D eigenvalue weighted by atomic mass is 14.9. The average molecular weight is 148 g/mol. The van der Waals surface area contributed by atoms with Gasteiger partial charge in [0.15, 0.2) is 0 Å². The summed E-state index contributed by atoms with van der Waals surface area (Å²) in [5.74, 6) is 3.67. The van der Waals surface area contributed by atoms with E-state index in [9.17, 15) is 0 Å². The van der Waals surface area contributed by atoms with E-state index in [-0.39, 0.29) is 0 Å². The summed E-state index contributed by atoms with van der Waals surface area (Å²) < 4.78 is 0. The van der Waals surface area contributed by atoms with Crippen molar-refractivity contribution in [2.45, 2.75) is 39.0 Å². The van der Waals surface area contributed by atoms with Crippen LogP contribution in [0.1, 0.15) is 39.0 Å². The lowest BCUT2D eigenvalue weighted by Crippen LogP contribution is -2.26. The minimum absolute atomic E-state index is 0.839. The molecular formula is C11H16. The predicted octanol–water partition coefficient (Wildman–Crippen LogP) is 2.83. The highest BCUT2D eigenvalue weighted by Gasteiger charge is 2.86. The molecule has 0 saturated heterocycles. The van der Waals surface area contributed by atoms with E-state index in [1.54, 1.807) is 32.1 Å². The van der Waals surface area contributed by atoms with E-state index in [0.717, 1.165) is 10.8 Å². The standard InChI is InChI=1S/C11H16/c1-10-4-2-7(3-5-10)11(10)8-6-9(8)11/h7-9H,2-6H2,1H3. The van der Waals surface area contributed by atoms with Crippen molar-refractivity contribution in [3.05, 3.63) is 0 Å². The van der Waals surface area contributed by atoms with Gasteiger partial charge in [-0.05, 0) is 60.7 Å². The molecule has 4 aliphatic rings. The van der Waals surface area contributed by atoms with Gasteiger partial charge in [0, 0.05) is 0 Å². The molecule has 0 heterocycles. The molecule has 0 aromatic carbocycles. The van der Waals surface area contributed by atoms with Crippen LogP contribution in [0.3, 0.4) is 0 Å². The lowest BCUT2D eigenvalue weighted by molar-refractivity contribution is 0.161. The Kier molecular flexibility index (Phi) is 0.611. The van der Waals surface area contributed by atoms with Gasteiger partial charge in [-0.25, -0.2) is 0 Å². The van der Waals surface area contributed by atoms with Gasteiger partial charge in [-0.15, -0.1) is 0 Å². The van der Waals surface area contributed by atoms with Gasteiger partial charge in [0.2, 0.25) is 0 Å². The van der Waals surface area contributed by atoms with Crippen molar-refractivity contribution in [1.82, 2.24) is 0 Å². The van der Waals surface area contributed by atoms with Gasteiger partial charge in [-0.3, -0.25) is 0 Å². The summed E-state index contributed by atoms with van der Waals surface area (Å²) in [4.78, 5) is 0. The third kappa shape index (κ3) is 0.346. The Labute approximate surface area is 68.4 Å². The molecule has 4 saturated carbocycles. The monoisotopic (exact) mass is 148 g/mol. The van der Waals surface area contributed by atoms with E-state index in [4.69, 9.17) is 0 Å². The van der Waals surface area contributed by atoms with Gasteiger partial charge in [0.1, 0.15) is 0 Å². The molecule has 0 amide bonds. The summed E-state index contributed by atoms with van der Waals surface area (Å²) in [7, 11) is 0. The molecule has 0 aliphatic heterocycles. The molecule has 2 bridgehead atoms. The molecule has 0 aromatic heterocycles. The predicted molar refractivity (Wildman–Crippen MR) is 44.1 cm³/mol. The second kappa shape index (κ2) is 1.20. The van der Waals surface area contributed by atoms with Gasteiger partial charge in [-0.1, -0.05) is 6.92 Å². The first-order chi connectivity index (χ1) is 5.29. The van der Waals surface area contributed by atoms with Crippen LogP contribution in [0.4, 0.5) is 0 Å². The van der Waals surface area contributed by atoms with Crippen LogP contribution in [0.25, 0.3) is 0 Å². The molecular weight excluding hydrogens is 132 g/mol. The molecule has 1 spiro atoms. The van der Waals surface area contributed by atoms with Crippen LogP contribution in [0.2, 0.25) is 0 Å². The van der Waals surface area contributed by atoms with E-state index in [2.05, 4.69) is 6.92 Å². The first-order valence-electron chi connectivity index (χ1n) is 5.29. The molecule has 60 valence electrons. The molecule has 11 heavy (non-hydrogen) atoms. The Morgan fingerprint density at radius 1 is 1.09 bits per heavy atom. The average Bonchev–Trinajstić information content (AvgIpc) is 2.81. The summed E-state index contributed by atoms with van der Waals surface area (Å²) in [6.07, 6.45) is 7.94. The SMILES string of the molecule is CC12CCC(CC1)C21C2CC21. The highest BCUT2D eigenvalue weighted by molar-refractivity contribution is 5.34. The van der Waals surface area contributed by atoms with Crippen molar-refractivity contribution < 1.29 is 0 Å². The van der Waals surface area contributed by atoms with E-state index in [1.807, 2.05) is 0 Å². The van der Waals surface area contributed by atoms with Crippen molar-refractivity contribution in [1.29, 1.82) is 0 Å². The first-order valence-corrected chi connectivity index (χ1v) is 5.29. The quantitative estimate of drug-likeness (QED) is 0.495. The Morgan fingerprint density at radius 3 is 1.91 bits per heavy atom. The zero-order chi connectivity index (χ0) is 7.27. The Balaban J connectivity index is 1.89. The van der Waals surface area contributed by atoms with Crippen LogP contribution in [0.5, 0.6) is 0 Å². The second-order valence-electron chi connectivity index (χ2n) is 5.72. The molecule has 0 radical (unpaired) electrons. The van der Waals surface area contributed by atoms with Gasteiger partial charge in [0.05, 0.1) is 0 Å². The van der Waals surface area contributed by atoms with E-state index in [1.165, 1.54) is 17.8 Å². The minimum atomic E-state index is 0.839. The van der Waals surface area contributed by atoms with Crippen molar-refractivity contribution in [3.63, 3.8) is 0 Å². The summed E-state index contributed by atoms with van der Waals surface area (Å²) in [6.45, 7) is 2.59. The Hall–Kier alpha value is 0. The molecule has 4 rings (SSSR count). The van der Waals surface area contributed by atoms with E-state index in [0.29, 0.717) is 0 Å². The van der Waals surface area contributed by atoms with Crippen LogP contribution in [-0.2, 0) is 0 Å². The maximum Gasteiger partial charge on any atom is -0.0153 e. The smallest absolute Gasteiger partial charge is 0.0153 e. The van der Waals surface area contributed by atoms with Crippen molar-refractivity contribution >= 4 is 0 Å². The number of hydrogen-bond acceptors (Lipinski definition) is 0. The molecule has 4 aliphatic carbocycles. The van der Waals surface area contributed by atoms with Crippen LogP contribution < -0.4 is 0 Å². The van der Waals surface area contributed by atoms with Crippen LogP contribution in [-0.4, -0.2) is 0 Å². The van der Waals surface area contributed by atoms with Crippen LogP contribution in [0, 0.1) is 28.6 Å². The maximum absolute atomic E-state index is 2.59. The van der Waals surface area contributed by atoms with Crippen molar-refractivity contribution in [2.24, 2.45) is 28.6 Å². The van der Waals surface area contributed by atoms with Crippen LogP contribution in [0.15, 0.2) is 0 Å². The van der Waals surface area contributed by atoms with E-state index >= 15 is 0 Å². The zero-order valence-electron chi connectivity index (χ0n) is 7.27. The molecule has 2 unspecified atom stereocenters. The minimum Gasteiger partial charge on any atom is -0.0591 e. The fourth-order valence-corrected chi connectivity index (χ4v) is 5.15. The molecule has 0 N–H and O–H groups in total. The van der Waals surface area contributed by atoms with Gasteiger partial charge < -0.3 is 0 Å². The van der Waals surface area contributed by atoms with Gasteiger partial charge >= 0.3 is 0 Å². The van der Waals surface area contributed by atoms with Crippen molar-refractivity contribution in [3.8, 4) is 0 Å². The zero-order valence-corrected chi connectivity index (χ0v) is 7.27. The fourth-order valence-electron chi connectivity index (χ4n) is 5.15. The second-order valence-corrected chi connectivity index (χ2v) is 5.72. The fraction of sp³-hybridized carbons (Fsp3) is 1.00. The third-order valence-electron chi connectivity index (χ3n) is 5.72. The summed E-state index contributed by atoms with van der Waals surface area (Å²) in [6, 6.07) is 0. The number of fused-ring (bicyclic) bond motifs is 1. The van der Waals surface area contributed by atoms with Crippen LogP contribution >= 0.6 is 0 Å². The third-order valence-corrected chi connectivity index (χ3v) is 5.72. The van der Waals surface area contributed by atoms with Gasteiger partial charge in [-0.2, -0.15) is 0 Å². The molecule has 2 atom stereocenters. The molecule has 4 fully saturated rings. The maximum atomic E-state index is 2.59. The topological polar surface area (TPSA) is 0 Å². The lowest BCUT2D eigenvalue weighted by Gasteiger charge is -2.32. The summed E-state index contributed by atoms with van der Waals surface area (Å²) in [5.41, 5.74) is 1.80. The van der Waals surface area contributed by atoms with E-state index < -0.39 is 0 Å². The number of hydrogen-bond donors (Lipinski definition) is 0. The molecule has 0 aromatic rings. The largest absolute Gasteiger partial charge is 0.0591 e. The molecule has 0 nitrogen and oxygen atoms in total. The Bertz CT molecular complexity index is 224.